The molecule has 0 aliphatic carbocycles. The molecule has 0 radical (unpaired) electrons. The molecule has 0 saturated carbocycles. The van der Waals surface area contributed by atoms with Crippen molar-refractivity contribution in [3.05, 3.63) is 52.8 Å². The molecule has 16 heavy (non-hydrogen) atoms. The van der Waals surface area contributed by atoms with Crippen LogP contribution in [0.25, 0.3) is 0 Å². The smallest absolute Gasteiger partial charge is 0.196 e. The van der Waals surface area contributed by atoms with Crippen molar-refractivity contribution in [2.75, 3.05) is 5.73 Å². The lowest BCUT2D eigenvalue weighted by Gasteiger charge is -2.04. The molecule has 4 nitrogen and oxygen atoms in total. The number of rotatable bonds is 2. The summed E-state index contributed by atoms with van der Waals surface area (Å²) in [5.74, 6) is -0.213. The second-order valence-corrected chi connectivity index (χ2v) is 3.63. The zero-order valence-corrected chi connectivity index (χ0v) is 8.98. The first-order valence-corrected chi connectivity index (χ1v) is 4.92. The molecule has 2 rings (SSSR count). The number of nitrogens with two attached hydrogens (primary N) is 1. The van der Waals surface area contributed by atoms with E-state index in [1.165, 1.54) is 12.4 Å². The number of halogens is 1. The number of hydrogen-bond acceptors (Lipinski definition) is 4. The van der Waals surface area contributed by atoms with Crippen LogP contribution in [0.1, 0.15) is 15.9 Å². The molecule has 0 bridgehead atoms. The molecule has 0 atom stereocenters. The van der Waals surface area contributed by atoms with E-state index in [0.29, 0.717) is 21.8 Å². The van der Waals surface area contributed by atoms with Crippen molar-refractivity contribution >= 4 is 23.1 Å². The fraction of sp³-hybridized carbons (Fsp3) is 0. The van der Waals surface area contributed by atoms with Gasteiger partial charge in [-0.15, -0.1) is 0 Å². The Kier molecular flexibility index (Phi) is 2.83. The molecule has 0 spiro atoms. The minimum atomic E-state index is -0.213. The first-order valence-electron chi connectivity index (χ1n) is 4.55. The minimum Gasteiger partial charge on any atom is -0.398 e. The average molecular weight is 234 g/mol. The number of carbonyl (C=O) groups excluding carboxylic acids is 1. The van der Waals surface area contributed by atoms with E-state index < -0.39 is 0 Å². The SMILES string of the molecule is Nc1ccc(Cl)cc1C(=O)c1ccnnc1. The highest BCUT2D eigenvalue weighted by atomic mass is 35.5. The second-order valence-electron chi connectivity index (χ2n) is 3.19. The Bertz CT molecular complexity index is 528. The van der Waals surface area contributed by atoms with Gasteiger partial charge in [0.2, 0.25) is 0 Å². The third-order valence-corrected chi connectivity index (χ3v) is 2.34. The van der Waals surface area contributed by atoms with Crippen molar-refractivity contribution in [1.82, 2.24) is 10.2 Å². The predicted octanol–water partition coefficient (Wildman–Crippen LogP) is 1.94. The number of aromatic nitrogens is 2. The van der Waals surface area contributed by atoms with Gasteiger partial charge in [0.05, 0.1) is 12.4 Å². The summed E-state index contributed by atoms with van der Waals surface area (Å²) < 4.78 is 0. The van der Waals surface area contributed by atoms with Gasteiger partial charge in [0.25, 0.3) is 0 Å². The lowest BCUT2D eigenvalue weighted by atomic mass is 10.0. The van der Waals surface area contributed by atoms with E-state index in [0.717, 1.165) is 0 Å². The Morgan fingerprint density at radius 3 is 2.75 bits per heavy atom. The van der Waals surface area contributed by atoms with Crippen molar-refractivity contribution in [3.8, 4) is 0 Å². The molecule has 5 heteroatoms. The predicted molar refractivity (Wildman–Crippen MR) is 61.3 cm³/mol. The Labute approximate surface area is 97.1 Å². The first-order chi connectivity index (χ1) is 7.68. The van der Waals surface area contributed by atoms with Gasteiger partial charge in [0.1, 0.15) is 0 Å². The standard InChI is InChI=1S/C11H8ClN3O/c12-8-1-2-10(13)9(5-8)11(16)7-3-4-14-15-6-7/h1-6H,13H2. The molecule has 0 fully saturated rings. The van der Waals surface area contributed by atoms with E-state index in [1.54, 1.807) is 24.3 Å². The largest absolute Gasteiger partial charge is 0.398 e. The average Bonchev–Trinajstić information content (AvgIpc) is 2.32. The van der Waals surface area contributed by atoms with Gasteiger partial charge < -0.3 is 5.73 Å². The molecule has 0 aliphatic heterocycles. The summed E-state index contributed by atoms with van der Waals surface area (Å²) in [7, 11) is 0. The number of benzene rings is 1. The van der Waals surface area contributed by atoms with Crippen LogP contribution in [0.2, 0.25) is 5.02 Å². The summed E-state index contributed by atoms with van der Waals surface area (Å²) in [5, 5.41) is 7.71. The monoisotopic (exact) mass is 233 g/mol. The van der Waals surface area contributed by atoms with Gasteiger partial charge in [-0.25, -0.2) is 0 Å². The number of nitrogen functional groups attached to an aromatic ring is 1. The van der Waals surface area contributed by atoms with Crippen molar-refractivity contribution in [2.24, 2.45) is 0 Å². The molecule has 1 aromatic carbocycles. The Hall–Kier alpha value is -1.94. The van der Waals surface area contributed by atoms with Crippen LogP contribution in [-0.2, 0) is 0 Å². The number of ketones is 1. The molecule has 0 aliphatic rings. The summed E-state index contributed by atoms with van der Waals surface area (Å²) >= 11 is 5.81. The van der Waals surface area contributed by atoms with Crippen molar-refractivity contribution < 1.29 is 4.79 Å². The quantitative estimate of drug-likeness (QED) is 0.636. The van der Waals surface area contributed by atoms with Gasteiger partial charge in [-0.3, -0.25) is 4.79 Å². The zero-order valence-electron chi connectivity index (χ0n) is 8.22. The summed E-state index contributed by atoms with van der Waals surface area (Å²) in [6.07, 6.45) is 2.84. The lowest BCUT2D eigenvalue weighted by molar-refractivity contribution is 0.103. The van der Waals surface area contributed by atoms with Gasteiger partial charge in [-0.05, 0) is 24.3 Å². The number of nitrogens with zero attached hydrogens (tertiary/aromatic N) is 2. The number of hydrogen-bond donors (Lipinski definition) is 1. The van der Waals surface area contributed by atoms with E-state index in [2.05, 4.69) is 10.2 Å². The van der Waals surface area contributed by atoms with Crippen LogP contribution in [-0.4, -0.2) is 16.0 Å². The summed E-state index contributed by atoms with van der Waals surface area (Å²) in [6, 6.07) is 6.36. The van der Waals surface area contributed by atoms with Crippen molar-refractivity contribution in [1.29, 1.82) is 0 Å². The molecule has 0 unspecified atom stereocenters. The van der Waals surface area contributed by atoms with Crippen LogP contribution in [0.4, 0.5) is 5.69 Å². The molecular weight excluding hydrogens is 226 g/mol. The molecule has 1 aromatic heterocycles. The van der Waals surface area contributed by atoms with Crippen LogP contribution < -0.4 is 5.73 Å². The Morgan fingerprint density at radius 2 is 2.06 bits per heavy atom. The van der Waals surface area contributed by atoms with Crippen LogP contribution in [0.3, 0.4) is 0 Å². The maximum atomic E-state index is 12.0. The highest BCUT2D eigenvalue weighted by Crippen LogP contribution is 2.20. The third-order valence-electron chi connectivity index (χ3n) is 2.11. The Balaban J connectivity index is 2.46. The molecule has 2 aromatic rings. The molecule has 0 saturated heterocycles. The summed E-state index contributed by atoms with van der Waals surface area (Å²) in [5.41, 5.74) is 6.92. The van der Waals surface area contributed by atoms with Crippen LogP contribution in [0, 0.1) is 0 Å². The van der Waals surface area contributed by atoms with Gasteiger partial charge in [-0.2, -0.15) is 10.2 Å². The summed E-state index contributed by atoms with van der Waals surface area (Å²) in [4.78, 5) is 12.0. The second kappa shape index (κ2) is 4.28. The molecule has 2 N–H and O–H groups in total. The zero-order chi connectivity index (χ0) is 11.5. The van der Waals surface area contributed by atoms with E-state index >= 15 is 0 Å². The first kappa shape index (κ1) is 10.6. The fourth-order valence-corrected chi connectivity index (χ4v) is 1.48. The van der Waals surface area contributed by atoms with E-state index in [9.17, 15) is 4.79 Å². The van der Waals surface area contributed by atoms with Gasteiger partial charge in [0.15, 0.2) is 5.78 Å². The topological polar surface area (TPSA) is 68.9 Å². The Morgan fingerprint density at radius 1 is 1.25 bits per heavy atom. The highest BCUT2D eigenvalue weighted by molar-refractivity contribution is 6.31. The van der Waals surface area contributed by atoms with Crippen molar-refractivity contribution in [3.63, 3.8) is 0 Å². The van der Waals surface area contributed by atoms with Crippen LogP contribution in [0.5, 0.6) is 0 Å². The van der Waals surface area contributed by atoms with Gasteiger partial charge in [-0.1, -0.05) is 11.6 Å². The molecular formula is C11H8ClN3O. The highest BCUT2D eigenvalue weighted by Gasteiger charge is 2.12. The molecule has 1 heterocycles. The van der Waals surface area contributed by atoms with Gasteiger partial charge in [0, 0.05) is 21.8 Å². The van der Waals surface area contributed by atoms with E-state index in [-0.39, 0.29) is 5.78 Å². The van der Waals surface area contributed by atoms with Crippen LogP contribution in [0.15, 0.2) is 36.7 Å². The maximum absolute atomic E-state index is 12.0. The molecule has 80 valence electrons. The third kappa shape index (κ3) is 2.01. The normalized spacial score (nSPS) is 10.1. The molecule has 0 amide bonds. The minimum absolute atomic E-state index is 0.213. The summed E-state index contributed by atoms with van der Waals surface area (Å²) in [6.45, 7) is 0. The van der Waals surface area contributed by atoms with E-state index in [1.807, 2.05) is 0 Å². The number of carbonyl (C=O) groups is 1. The van der Waals surface area contributed by atoms with Crippen LogP contribution >= 0.6 is 11.6 Å². The van der Waals surface area contributed by atoms with E-state index in [4.69, 9.17) is 17.3 Å². The number of anilines is 1. The fourth-order valence-electron chi connectivity index (χ4n) is 1.31. The lowest BCUT2D eigenvalue weighted by Crippen LogP contribution is -2.05. The van der Waals surface area contributed by atoms with Crippen molar-refractivity contribution in [2.45, 2.75) is 0 Å². The maximum Gasteiger partial charge on any atom is 0.196 e. The van der Waals surface area contributed by atoms with Gasteiger partial charge >= 0.3 is 0 Å².